The molecule has 1 heterocycles. The highest BCUT2D eigenvalue weighted by molar-refractivity contribution is 5.79. The second-order valence-corrected chi connectivity index (χ2v) is 5.41. The first-order chi connectivity index (χ1) is 9.56. The van der Waals surface area contributed by atoms with E-state index < -0.39 is 5.97 Å². The number of nitrogens with zero attached hydrogens (tertiary/aromatic N) is 1. The zero-order valence-electron chi connectivity index (χ0n) is 11.6. The molecule has 0 spiro atoms. The van der Waals surface area contributed by atoms with Crippen LogP contribution in [0.1, 0.15) is 36.9 Å². The average Bonchev–Trinajstić information content (AvgIpc) is 2.46. The molecule has 1 aliphatic rings. The smallest absolute Gasteiger partial charge is 0.306 e. The van der Waals surface area contributed by atoms with Gasteiger partial charge in [0.1, 0.15) is 0 Å². The molecule has 1 saturated carbocycles. The third-order valence-corrected chi connectivity index (χ3v) is 3.89. The zero-order chi connectivity index (χ0) is 14.5. The van der Waals surface area contributed by atoms with Crippen LogP contribution in [0.3, 0.4) is 0 Å². The average molecular weight is 276 g/mol. The van der Waals surface area contributed by atoms with Crippen LogP contribution in [-0.2, 0) is 16.1 Å². The number of aliphatic carboxylic acids is 1. The maximum absolute atomic E-state index is 12.0. The van der Waals surface area contributed by atoms with Gasteiger partial charge in [-0.15, -0.1) is 0 Å². The number of amides is 1. The van der Waals surface area contributed by atoms with E-state index in [-0.39, 0.29) is 17.7 Å². The molecule has 108 valence electrons. The van der Waals surface area contributed by atoms with Gasteiger partial charge in [-0.3, -0.25) is 14.6 Å². The Morgan fingerprint density at radius 1 is 1.25 bits per heavy atom. The molecule has 1 aliphatic carbocycles. The summed E-state index contributed by atoms with van der Waals surface area (Å²) in [6.07, 6.45) is 4.28. The fraction of sp³-hybridized carbons (Fsp3) is 0.533. The Morgan fingerprint density at radius 3 is 2.45 bits per heavy atom. The Morgan fingerprint density at radius 2 is 1.90 bits per heavy atom. The summed E-state index contributed by atoms with van der Waals surface area (Å²) in [7, 11) is 0. The van der Waals surface area contributed by atoms with Crippen molar-refractivity contribution in [1.29, 1.82) is 0 Å². The van der Waals surface area contributed by atoms with Crippen molar-refractivity contribution in [1.82, 2.24) is 10.3 Å². The van der Waals surface area contributed by atoms with Crippen molar-refractivity contribution in [3.63, 3.8) is 0 Å². The number of carbonyl (C=O) groups is 2. The van der Waals surface area contributed by atoms with Crippen molar-refractivity contribution >= 4 is 11.9 Å². The van der Waals surface area contributed by atoms with Crippen LogP contribution in [0, 0.1) is 18.8 Å². The van der Waals surface area contributed by atoms with Gasteiger partial charge in [0.05, 0.1) is 5.92 Å². The molecular formula is C15H20N2O3. The summed E-state index contributed by atoms with van der Waals surface area (Å²) in [5.41, 5.74) is 1.93. The first-order valence-electron chi connectivity index (χ1n) is 6.98. The van der Waals surface area contributed by atoms with Crippen LogP contribution in [0.25, 0.3) is 0 Å². The van der Waals surface area contributed by atoms with Crippen molar-refractivity contribution in [2.45, 2.75) is 39.2 Å². The van der Waals surface area contributed by atoms with Gasteiger partial charge in [-0.05, 0) is 44.2 Å². The predicted octanol–water partition coefficient (Wildman–Crippen LogP) is 1.90. The third kappa shape index (κ3) is 3.79. The number of rotatable bonds is 4. The predicted molar refractivity (Wildman–Crippen MR) is 73.9 cm³/mol. The first-order valence-corrected chi connectivity index (χ1v) is 6.98. The Labute approximate surface area is 118 Å². The number of nitrogens with one attached hydrogen (secondary N) is 1. The van der Waals surface area contributed by atoms with Crippen molar-refractivity contribution in [2.75, 3.05) is 0 Å². The van der Waals surface area contributed by atoms with E-state index in [2.05, 4.69) is 10.3 Å². The molecule has 2 rings (SSSR count). The molecule has 2 N–H and O–H groups in total. The highest BCUT2D eigenvalue weighted by atomic mass is 16.4. The SMILES string of the molecule is Cc1ccc(CNC(=O)C2CCC(C(=O)O)CC2)cn1. The first kappa shape index (κ1) is 14.5. The van der Waals surface area contributed by atoms with Crippen LogP contribution >= 0.6 is 0 Å². The van der Waals surface area contributed by atoms with Crippen molar-refractivity contribution < 1.29 is 14.7 Å². The molecule has 0 aromatic carbocycles. The van der Waals surface area contributed by atoms with E-state index in [0.717, 1.165) is 11.3 Å². The number of hydrogen-bond acceptors (Lipinski definition) is 3. The summed E-state index contributed by atoms with van der Waals surface area (Å²) >= 11 is 0. The van der Waals surface area contributed by atoms with Crippen molar-refractivity contribution in [3.8, 4) is 0 Å². The van der Waals surface area contributed by atoms with E-state index in [1.165, 1.54) is 0 Å². The molecule has 1 aromatic rings. The fourth-order valence-electron chi connectivity index (χ4n) is 2.54. The minimum Gasteiger partial charge on any atom is -0.481 e. The van der Waals surface area contributed by atoms with Crippen LogP contribution in [0.5, 0.6) is 0 Å². The maximum Gasteiger partial charge on any atom is 0.306 e. The highest BCUT2D eigenvalue weighted by Crippen LogP contribution is 2.29. The van der Waals surface area contributed by atoms with Crippen LogP contribution in [-0.4, -0.2) is 22.0 Å². The van der Waals surface area contributed by atoms with Crippen molar-refractivity contribution in [3.05, 3.63) is 29.6 Å². The van der Waals surface area contributed by atoms with Gasteiger partial charge in [0, 0.05) is 24.4 Å². The molecule has 0 aliphatic heterocycles. The van der Waals surface area contributed by atoms with E-state index in [9.17, 15) is 9.59 Å². The lowest BCUT2D eigenvalue weighted by Crippen LogP contribution is -2.34. The number of carboxylic acid groups (broad SMARTS) is 1. The largest absolute Gasteiger partial charge is 0.481 e. The third-order valence-electron chi connectivity index (χ3n) is 3.89. The van der Waals surface area contributed by atoms with Gasteiger partial charge in [0.2, 0.25) is 5.91 Å². The number of aromatic nitrogens is 1. The number of carbonyl (C=O) groups excluding carboxylic acids is 1. The molecule has 0 atom stereocenters. The van der Waals surface area contributed by atoms with Crippen LogP contribution in [0.15, 0.2) is 18.3 Å². The second kappa shape index (κ2) is 6.50. The highest BCUT2D eigenvalue weighted by Gasteiger charge is 2.29. The Bertz CT molecular complexity index is 476. The summed E-state index contributed by atoms with van der Waals surface area (Å²) in [6.45, 7) is 2.40. The van der Waals surface area contributed by atoms with Gasteiger partial charge >= 0.3 is 5.97 Å². The summed E-state index contributed by atoms with van der Waals surface area (Å²) in [4.78, 5) is 27.1. The molecule has 20 heavy (non-hydrogen) atoms. The molecule has 5 nitrogen and oxygen atoms in total. The van der Waals surface area contributed by atoms with E-state index in [1.807, 2.05) is 19.1 Å². The van der Waals surface area contributed by atoms with E-state index in [1.54, 1.807) is 6.20 Å². The monoisotopic (exact) mass is 276 g/mol. The normalized spacial score (nSPS) is 22.2. The number of pyridine rings is 1. The van der Waals surface area contributed by atoms with E-state index in [0.29, 0.717) is 32.2 Å². The molecule has 1 amide bonds. The molecule has 5 heteroatoms. The minimum atomic E-state index is -0.741. The Hall–Kier alpha value is -1.91. The number of hydrogen-bond donors (Lipinski definition) is 2. The molecule has 1 aromatic heterocycles. The molecule has 0 saturated heterocycles. The van der Waals surface area contributed by atoms with Crippen LogP contribution < -0.4 is 5.32 Å². The lowest BCUT2D eigenvalue weighted by molar-refractivity contribution is -0.144. The van der Waals surface area contributed by atoms with Gasteiger partial charge in [0.25, 0.3) is 0 Å². The molecule has 0 unspecified atom stereocenters. The van der Waals surface area contributed by atoms with E-state index in [4.69, 9.17) is 5.11 Å². The van der Waals surface area contributed by atoms with Crippen molar-refractivity contribution in [2.24, 2.45) is 11.8 Å². The van der Waals surface area contributed by atoms with Gasteiger partial charge in [-0.2, -0.15) is 0 Å². The fourth-order valence-corrected chi connectivity index (χ4v) is 2.54. The van der Waals surface area contributed by atoms with Gasteiger partial charge in [-0.25, -0.2) is 0 Å². The topological polar surface area (TPSA) is 79.3 Å². The molecular weight excluding hydrogens is 256 g/mol. The Balaban J connectivity index is 1.78. The van der Waals surface area contributed by atoms with Crippen LogP contribution in [0.2, 0.25) is 0 Å². The Kier molecular flexibility index (Phi) is 4.71. The van der Waals surface area contributed by atoms with Crippen LogP contribution in [0.4, 0.5) is 0 Å². The summed E-state index contributed by atoms with van der Waals surface area (Å²) in [5.74, 6) is -1.05. The summed E-state index contributed by atoms with van der Waals surface area (Å²) < 4.78 is 0. The maximum atomic E-state index is 12.0. The number of carboxylic acids is 1. The standard InChI is InChI=1S/C15H20N2O3/c1-10-2-3-11(8-16-10)9-17-14(18)12-4-6-13(7-5-12)15(19)20/h2-3,8,12-13H,4-7,9H2,1H3,(H,17,18)(H,19,20). The minimum absolute atomic E-state index is 0.0226. The molecule has 1 fully saturated rings. The summed E-state index contributed by atoms with van der Waals surface area (Å²) in [5, 5.41) is 11.8. The lowest BCUT2D eigenvalue weighted by Gasteiger charge is -2.25. The molecule has 0 bridgehead atoms. The van der Waals surface area contributed by atoms with Gasteiger partial charge < -0.3 is 10.4 Å². The lowest BCUT2D eigenvalue weighted by atomic mass is 9.81. The zero-order valence-corrected chi connectivity index (χ0v) is 11.6. The number of aryl methyl sites for hydroxylation is 1. The second-order valence-electron chi connectivity index (χ2n) is 5.41. The van der Waals surface area contributed by atoms with Gasteiger partial charge in [0.15, 0.2) is 0 Å². The van der Waals surface area contributed by atoms with Gasteiger partial charge in [-0.1, -0.05) is 6.07 Å². The molecule has 0 radical (unpaired) electrons. The summed E-state index contributed by atoms with van der Waals surface area (Å²) in [6, 6.07) is 3.86. The van der Waals surface area contributed by atoms with E-state index >= 15 is 0 Å². The quantitative estimate of drug-likeness (QED) is 0.880.